The number of methoxy groups -OCH3 is 1. The van der Waals surface area contributed by atoms with Crippen molar-refractivity contribution in [3.8, 4) is 17.3 Å². The highest BCUT2D eigenvalue weighted by Crippen LogP contribution is 2.33. The molecule has 1 aliphatic carbocycles. The summed E-state index contributed by atoms with van der Waals surface area (Å²) in [7, 11) is 1.14. The topological polar surface area (TPSA) is 185 Å². The Morgan fingerprint density at radius 2 is 2.15 bits per heavy atom. The number of halogens is 1. The molecule has 3 heterocycles. The molecule has 4 N–H and O–H groups in total. The van der Waals surface area contributed by atoms with E-state index in [2.05, 4.69) is 34.2 Å². The number of nitrogens with zero attached hydrogens (tertiary/aromatic N) is 4. The third kappa shape index (κ3) is 4.33. The van der Waals surface area contributed by atoms with Crippen LogP contribution >= 0.6 is 11.8 Å². The zero-order chi connectivity index (χ0) is 24.4. The Labute approximate surface area is 195 Å². The summed E-state index contributed by atoms with van der Waals surface area (Å²) in [5.74, 6) is -2.61. The van der Waals surface area contributed by atoms with Gasteiger partial charge in [0.05, 0.1) is 13.3 Å². The molecule has 5 rings (SSSR count). The number of ether oxygens (including phenoxy) is 1. The van der Waals surface area contributed by atoms with Gasteiger partial charge in [0.1, 0.15) is 5.69 Å². The van der Waals surface area contributed by atoms with Crippen molar-refractivity contribution in [1.29, 1.82) is 0 Å². The molecule has 13 nitrogen and oxygen atoms in total. The van der Waals surface area contributed by atoms with Crippen LogP contribution in [0.3, 0.4) is 0 Å². The smallest absolute Gasteiger partial charge is 0.439 e. The van der Waals surface area contributed by atoms with Crippen molar-refractivity contribution in [2.24, 2.45) is 0 Å². The van der Waals surface area contributed by atoms with Gasteiger partial charge in [-0.15, -0.1) is 0 Å². The quantitative estimate of drug-likeness (QED) is 0.242. The predicted molar refractivity (Wildman–Crippen MR) is 116 cm³/mol. The minimum atomic E-state index is -1.31. The molecule has 34 heavy (non-hydrogen) atoms. The molecule has 0 bridgehead atoms. The zero-order valence-electron chi connectivity index (χ0n) is 17.5. The Hall–Kier alpha value is -4.23. The number of rotatable bonds is 4. The standard InChI is InChI=1S/C11H10ClN3O2.C9H7N3O5/c12-14-9-4-2-6-5-7(1-3-8(6)9)10-13-11(16)17-15-10;1-17-8(16)5-2-4(7(14)15)11-9-10-3-6(13)12(5)9/h1,3,5,9,14H,2,4H2,(H,13,15,16);2-3,13H,1H3,(H,14,15)/t9-;/m0./s1. The second kappa shape index (κ2) is 9.33. The number of carboxylic acids is 1. The highest BCUT2D eigenvalue weighted by molar-refractivity contribution is 6.13. The molecule has 0 fully saturated rings. The van der Waals surface area contributed by atoms with E-state index < -0.39 is 17.7 Å². The molecule has 0 saturated carbocycles. The van der Waals surface area contributed by atoms with Gasteiger partial charge in [-0.05, 0) is 41.8 Å². The summed E-state index contributed by atoms with van der Waals surface area (Å²) in [5.41, 5.74) is 2.76. The van der Waals surface area contributed by atoms with Gasteiger partial charge in [-0.1, -0.05) is 17.3 Å². The number of imidazole rings is 1. The summed E-state index contributed by atoms with van der Waals surface area (Å²) in [6.07, 6.45) is 3.01. The van der Waals surface area contributed by atoms with Crippen molar-refractivity contribution >= 4 is 29.5 Å². The summed E-state index contributed by atoms with van der Waals surface area (Å²) in [6.45, 7) is 0. The van der Waals surface area contributed by atoms with Gasteiger partial charge in [-0.25, -0.2) is 33.6 Å². The van der Waals surface area contributed by atoms with Crippen LogP contribution in [0.5, 0.6) is 5.88 Å². The third-order valence-corrected chi connectivity index (χ3v) is 5.40. The maximum atomic E-state index is 11.4. The van der Waals surface area contributed by atoms with Crippen LogP contribution in [0.4, 0.5) is 0 Å². The van der Waals surface area contributed by atoms with Gasteiger partial charge in [0.25, 0.3) is 0 Å². The van der Waals surface area contributed by atoms with E-state index >= 15 is 0 Å². The number of aromatic carboxylic acids is 1. The fourth-order valence-corrected chi connectivity index (χ4v) is 3.80. The first kappa shape index (κ1) is 22.9. The van der Waals surface area contributed by atoms with E-state index in [0.717, 1.165) is 42.2 Å². The Balaban J connectivity index is 0.000000161. The van der Waals surface area contributed by atoms with Crippen LogP contribution in [-0.2, 0) is 11.2 Å². The van der Waals surface area contributed by atoms with E-state index in [9.17, 15) is 19.5 Å². The van der Waals surface area contributed by atoms with Gasteiger partial charge in [-0.3, -0.25) is 9.51 Å². The van der Waals surface area contributed by atoms with Crippen LogP contribution in [-0.4, -0.2) is 53.8 Å². The van der Waals surface area contributed by atoms with Crippen molar-refractivity contribution in [2.75, 3.05) is 7.11 Å². The molecular weight excluding hydrogens is 472 g/mol. The van der Waals surface area contributed by atoms with Crippen LogP contribution in [0.2, 0.25) is 0 Å². The van der Waals surface area contributed by atoms with Crippen LogP contribution in [0.15, 0.2) is 39.8 Å². The summed E-state index contributed by atoms with van der Waals surface area (Å²) in [4.78, 5) is 45.8. The molecule has 0 unspecified atom stereocenters. The summed E-state index contributed by atoms with van der Waals surface area (Å²) < 4.78 is 9.97. The minimum absolute atomic E-state index is 0.0946. The van der Waals surface area contributed by atoms with E-state index in [1.165, 1.54) is 11.1 Å². The number of aromatic hydroxyl groups is 1. The average Bonchev–Trinajstić information content (AvgIpc) is 3.56. The van der Waals surface area contributed by atoms with E-state index in [1.54, 1.807) is 0 Å². The lowest BCUT2D eigenvalue weighted by Gasteiger charge is -2.08. The Bertz CT molecular complexity index is 1440. The van der Waals surface area contributed by atoms with Gasteiger partial charge < -0.3 is 14.9 Å². The number of carboxylic acid groups (broad SMARTS) is 1. The lowest BCUT2D eigenvalue weighted by molar-refractivity contribution is 0.0590. The Kier molecular flexibility index (Phi) is 6.30. The molecular formula is C20H17ClN6O7. The molecule has 1 aromatic carbocycles. The number of aromatic nitrogens is 5. The maximum Gasteiger partial charge on any atom is 0.439 e. The fraction of sp³-hybridized carbons (Fsp3) is 0.200. The second-order valence-electron chi connectivity index (χ2n) is 7.13. The molecule has 1 aliphatic rings. The monoisotopic (exact) mass is 488 g/mol. The minimum Gasteiger partial charge on any atom is -0.493 e. The number of aryl methyl sites for hydroxylation is 1. The van der Waals surface area contributed by atoms with Crippen LogP contribution in [0.1, 0.15) is 44.6 Å². The van der Waals surface area contributed by atoms with Crippen LogP contribution in [0, 0.1) is 0 Å². The predicted octanol–water partition coefficient (Wildman–Crippen LogP) is 1.68. The van der Waals surface area contributed by atoms with Crippen LogP contribution in [0.25, 0.3) is 17.2 Å². The zero-order valence-corrected chi connectivity index (χ0v) is 18.2. The molecule has 14 heteroatoms. The molecule has 0 spiro atoms. The highest BCUT2D eigenvalue weighted by atomic mass is 35.5. The molecule has 0 aliphatic heterocycles. The lowest BCUT2D eigenvalue weighted by atomic mass is 10.0. The van der Waals surface area contributed by atoms with Gasteiger partial charge in [0.15, 0.2) is 11.5 Å². The largest absolute Gasteiger partial charge is 0.493 e. The third-order valence-electron chi connectivity index (χ3n) is 5.14. The normalized spacial score (nSPS) is 14.4. The molecule has 0 amide bonds. The van der Waals surface area contributed by atoms with E-state index in [-0.39, 0.29) is 29.1 Å². The van der Waals surface area contributed by atoms with Crippen molar-refractivity contribution in [3.63, 3.8) is 0 Å². The van der Waals surface area contributed by atoms with Crippen LogP contribution < -0.4 is 10.6 Å². The second-order valence-corrected chi connectivity index (χ2v) is 7.35. The number of carbonyl (C=O) groups excluding carboxylic acids is 1. The Morgan fingerprint density at radius 1 is 1.35 bits per heavy atom. The summed E-state index contributed by atoms with van der Waals surface area (Å²) >= 11 is 5.67. The van der Waals surface area contributed by atoms with Gasteiger partial charge in [0, 0.05) is 17.7 Å². The first-order valence-electron chi connectivity index (χ1n) is 9.76. The van der Waals surface area contributed by atoms with Crippen molar-refractivity contribution in [1.82, 2.24) is 29.3 Å². The average molecular weight is 489 g/mol. The highest BCUT2D eigenvalue weighted by Gasteiger charge is 2.22. The first-order valence-corrected chi connectivity index (χ1v) is 10.1. The van der Waals surface area contributed by atoms with E-state index in [4.69, 9.17) is 16.9 Å². The van der Waals surface area contributed by atoms with Gasteiger partial charge in [0.2, 0.25) is 11.7 Å². The SMILES string of the molecule is COC(=O)c1cc(C(=O)O)nc2ncc(O)n12.O=c1[nH]c(-c2ccc3c(c2)CC[C@@H]3NCl)no1. The molecule has 0 saturated heterocycles. The number of esters is 1. The maximum absolute atomic E-state index is 11.4. The summed E-state index contributed by atoms with van der Waals surface area (Å²) in [6, 6.07) is 7.13. The van der Waals surface area contributed by atoms with Gasteiger partial charge >= 0.3 is 17.7 Å². The number of fused-ring (bicyclic) bond motifs is 2. The van der Waals surface area contributed by atoms with Crippen molar-refractivity contribution < 1.29 is 29.1 Å². The molecule has 176 valence electrons. The first-order chi connectivity index (χ1) is 16.3. The van der Waals surface area contributed by atoms with E-state index in [1.807, 2.05) is 18.2 Å². The molecule has 3 aromatic heterocycles. The number of hydrogen-bond acceptors (Lipinski definition) is 10. The fourth-order valence-electron chi connectivity index (χ4n) is 3.57. The molecule has 1 atom stereocenters. The van der Waals surface area contributed by atoms with Gasteiger partial charge in [-0.2, -0.15) is 0 Å². The number of H-pyrrole nitrogens is 1. The molecule has 0 radical (unpaired) electrons. The number of nitrogens with one attached hydrogen (secondary N) is 2. The number of aromatic amines is 1. The lowest BCUT2D eigenvalue weighted by Crippen LogP contribution is -2.12. The van der Waals surface area contributed by atoms with E-state index in [0.29, 0.717) is 5.82 Å². The van der Waals surface area contributed by atoms with Crippen molar-refractivity contribution in [3.05, 3.63) is 63.5 Å². The summed E-state index contributed by atoms with van der Waals surface area (Å²) in [5, 5.41) is 22.0. The van der Waals surface area contributed by atoms with Crippen molar-refractivity contribution in [2.45, 2.75) is 18.9 Å². The number of benzene rings is 1. The number of carbonyl (C=O) groups is 2. The number of hydrogen-bond donors (Lipinski definition) is 4. The molecule has 4 aromatic rings. The Morgan fingerprint density at radius 3 is 2.79 bits per heavy atom.